The quantitative estimate of drug-likeness (QED) is 0.941. The Hall–Kier alpha value is -2.10. The van der Waals surface area contributed by atoms with Crippen LogP contribution < -0.4 is 0 Å². The van der Waals surface area contributed by atoms with Crippen molar-refractivity contribution in [2.45, 2.75) is 26.2 Å². The van der Waals surface area contributed by atoms with Gasteiger partial charge in [-0.3, -0.25) is 9.89 Å². The number of H-pyrrole nitrogens is 1. The Bertz CT molecular complexity index is 589. The number of aryl methyl sites for hydroxylation is 1. The van der Waals surface area contributed by atoms with Crippen molar-refractivity contribution in [1.29, 1.82) is 0 Å². The monoisotopic (exact) mass is 283 g/mol. The first-order chi connectivity index (χ1) is 10.2. The van der Waals surface area contributed by atoms with Gasteiger partial charge in [0.15, 0.2) is 0 Å². The molecule has 4 heteroatoms. The number of piperidine rings is 1. The maximum Gasteiger partial charge on any atom is 0.271 e. The molecule has 0 bridgehead atoms. The van der Waals surface area contributed by atoms with E-state index >= 15 is 0 Å². The first-order valence-electron chi connectivity index (χ1n) is 7.56. The number of benzene rings is 1. The average Bonchev–Trinajstić information content (AvgIpc) is 3.03. The van der Waals surface area contributed by atoms with Crippen LogP contribution in [0.5, 0.6) is 0 Å². The molecule has 4 nitrogen and oxygen atoms in total. The van der Waals surface area contributed by atoms with Gasteiger partial charge in [-0.1, -0.05) is 29.8 Å². The summed E-state index contributed by atoms with van der Waals surface area (Å²) in [6.07, 6.45) is 4.95. The van der Waals surface area contributed by atoms with Crippen molar-refractivity contribution in [2.75, 3.05) is 13.1 Å². The number of nitrogens with one attached hydrogen (secondary N) is 1. The second-order valence-electron chi connectivity index (χ2n) is 5.92. The van der Waals surface area contributed by atoms with Gasteiger partial charge in [-0.2, -0.15) is 5.10 Å². The lowest BCUT2D eigenvalue weighted by molar-refractivity contribution is 0.0667. The van der Waals surface area contributed by atoms with Crippen molar-refractivity contribution in [3.63, 3.8) is 0 Å². The van der Waals surface area contributed by atoms with Crippen molar-refractivity contribution >= 4 is 5.91 Å². The largest absolute Gasteiger partial charge is 0.337 e. The van der Waals surface area contributed by atoms with Crippen molar-refractivity contribution < 1.29 is 4.79 Å². The van der Waals surface area contributed by atoms with Gasteiger partial charge >= 0.3 is 0 Å². The smallest absolute Gasteiger partial charge is 0.271 e. The number of nitrogens with zero attached hydrogens (tertiary/aromatic N) is 2. The van der Waals surface area contributed by atoms with E-state index < -0.39 is 0 Å². The average molecular weight is 283 g/mol. The zero-order valence-corrected chi connectivity index (χ0v) is 12.4. The Balaban J connectivity index is 1.63. The molecule has 0 spiro atoms. The Kier molecular flexibility index (Phi) is 4.04. The van der Waals surface area contributed by atoms with Crippen LogP contribution in [0.15, 0.2) is 36.5 Å². The van der Waals surface area contributed by atoms with Crippen LogP contribution in [0, 0.1) is 12.8 Å². The van der Waals surface area contributed by atoms with Crippen LogP contribution in [0.1, 0.15) is 34.5 Å². The molecule has 1 saturated heterocycles. The highest BCUT2D eigenvalue weighted by Gasteiger charge is 2.25. The van der Waals surface area contributed by atoms with Gasteiger partial charge in [-0.05, 0) is 43.7 Å². The molecule has 2 aromatic rings. The van der Waals surface area contributed by atoms with E-state index in [0.29, 0.717) is 11.6 Å². The first-order valence-corrected chi connectivity index (χ1v) is 7.56. The molecule has 1 amide bonds. The SMILES string of the molecule is Cc1ccc(CC2CCCN(C(=O)c3ccn[nH]3)C2)cc1. The van der Waals surface area contributed by atoms with Crippen LogP contribution in [0.3, 0.4) is 0 Å². The lowest BCUT2D eigenvalue weighted by Crippen LogP contribution is -2.40. The second kappa shape index (κ2) is 6.12. The summed E-state index contributed by atoms with van der Waals surface area (Å²) in [5, 5.41) is 6.62. The first kappa shape index (κ1) is 13.9. The van der Waals surface area contributed by atoms with Gasteiger partial charge in [0.05, 0.1) is 0 Å². The minimum Gasteiger partial charge on any atom is -0.337 e. The van der Waals surface area contributed by atoms with E-state index in [1.54, 1.807) is 12.3 Å². The summed E-state index contributed by atoms with van der Waals surface area (Å²) in [5.41, 5.74) is 3.24. The summed E-state index contributed by atoms with van der Waals surface area (Å²) in [6.45, 7) is 3.79. The molecular weight excluding hydrogens is 262 g/mol. The van der Waals surface area contributed by atoms with Crippen LogP contribution in [-0.4, -0.2) is 34.1 Å². The summed E-state index contributed by atoms with van der Waals surface area (Å²) in [6, 6.07) is 10.5. The van der Waals surface area contributed by atoms with Crippen LogP contribution in [0.4, 0.5) is 0 Å². The fraction of sp³-hybridized carbons (Fsp3) is 0.412. The zero-order valence-electron chi connectivity index (χ0n) is 12.4. The van der Waals surface area contributed by atoms with Crippen molar-refractivity contribution in [3.05, 3.63) is 53.3 Å². The number of aromatic amines is 1. The highest BCUT2D eigenvalue weighted by atomic mass is 16.2. The van der Waals surface area contributed by atoms with Crippen LogP contribution in [0.25, 0.3) is 0 Å². The van der Waals surface area contributed by atoms with Gasteiger partial charge in [0.2, 0.25) is 0 Å². The van der Waals surface area contributed by atoms with Gasteiger partial charge in [0, 0.05) is 19.3 Å². The molecule has 21 heavy (non-hydrogen) atoms. The zero-order chi connectivity index (χ0) is 14.7. The predicted octanol–water partition coefficient (Wildman–Crippen LogP) is 2.81. The number of amides is 1. The standard InChI is InChI=1S/C17H21N3O/c1-13-4-6-14(7-5-13)11-15-3-2-10-20(12-15)17(21)16-8-9-18-19-16/h4-9,15H,2-3,10-12H2,1H3,(H,18,19). The lowest BCUT2D eigenvalue weighted by Gasteiger charge is -2.32. The molecule has 0 radical (unpaired) electrons. The number of hydrogen-bond acceptors (Lipinski definition) is 2. The highest BCUT2D eigenvalue weighted by Crippen LogP contribution is 2.22. The third-order valence-corrected chi connectivity index (χ3v) is 4.18. The molecule has 3 rings (SSSR count). The maximum atomic E-state index is 12.4. The van der Waals surface area contributed by atoms with Gasteiger partial charge in [0.25, 0.3) is 5.91 Å². The number of hydrogen-bond donors (Lipinski definition) is 1. The van der Waals surface area contributed by atoms with E-state index in [-0.39, 0.29) is 5.91 Å². The molecule has 1 aromatic carbocycles. The highest BCUT2D eigenvalue weighted by molar-refractivity contribution is 5.92. The number of likely N-dealkylation sites (tertiary alicyclic amines) is 1. The number of carbonyl (C=O) groups is 1. The minimum atomic E-state index is 0.0705. The Morgan fingerprint density at radius 1 is 1.33 bits per heavy atom. The van der Waals surface area contributed by atoms with Crippen molar-refractivity contribution in [1.82, 2.24) is 15.1 Å². The number of carbonyl (C=O) groups excluding carboxylic acids is 1. The third kappa shape index (κ3) is 3.32. The predicted molar refractivity (Wildman–Crippen MR) is 82.1 cm³/mol. The second-order valence-corrected chi connectivity index (χ2v) is 5.92. The summed E-state index contributed by atoms with van der Waals surface area (Å²) in [7, 11) is 0. The molecule has 1 aliphatic rings. The van der Waals surface area contributed by atoms with E-state index in [9.17, 15) is 4.79 Å². The van der Waals surface area contributed by atoms with Gasteiger partial charge in [0.1, 0.15) is 5.69 Å². The number of rotatable bonds is 3. The Morgan fingerprint density at radius 3 is 2.86 bits per heavy atom. The Labute approximate surface area is 125 Å². The minimum absolute atomic E-state index is 0.0705. The summed E-state index contributed by atoms with van der Waals surface area (Å²) >= 11 is 0. The van der Waals surface area contributed by atoms with Gasteiger partial charge in [-0.15, -0.1) is 0 Å². The molecule has 2 heterocycles. The molecule has 1 fully saturated rings. The van der Waals surface area contributed by atoms with E-state index in [2.05, 4.69) is 41.4 Å². The maximum absolute atomic E-state index is 12.4. The third-order valence-electron chi connectivity index (χ3n) is 4.18. The number of aromatic nitrogens is 2. The summed E-state index contributed by atoms with van der Waals surface area (Å²) < 4.78 is 0. The topological polar surface area (TPSA) is 49.0 Å². The van der Waals surface area contributed by atoms with Crippen LogP contribution in [0.2, 0.25) is 0 Å². The molecule has 1 aliphatic heterocycles. The van der Waals surface area contributed by atoms with E-state index in [4.69, 9.17) is 0 Å². The van der Waals surface area contributed by atoms with E-state index in [0.717, 1.165) is 25.9 Å². The molecule has 110 valence electrons. The Morgan fingerprint density at radius 2 is 2.14 bits per heavy atom. The fourth-order valence-electron chi connectivity index (χ4n) is 3.02. The molecule has 1 atom stereocenters. The molecule has 0 saturated carbocycles. The molecule has 1 aromatic heterocycles. The van der Waals surface area contributed by atoms with Crippen LogP contribution >= 0.6 is 0 Å². The molecule has 1 N–H and O–H groups in total. The van der Waals surface area contributed by atoms with Crippen molar-refractivity contribution in [2.24, 2.45) is 5.92 Å². The summed E-state index contributed by atoms with van der Waals surface area (Å²) in [4.78, 5) is 14.3. The van der Waals surface area contributed by atoms with E-state index in [1.807, 2.05) is 4.90 Å². The van der Waals surface area contributed by atoms with E-state index in [1.165, 1.54) is 17.5 Å². The lowest BCUT2D eigenvalue weighted by atomic mass is 9.91. The molecule has 0 aliphatic carbocycles. The van der Waals surface area contributed by atoms with Crippen LogP contribution in [-0.2, 0) is 6.42 Å². The normalized spacial score (nSPS) is 18.7. The van der Waals surface area contributed by atoms with Crippen molar-refractivity contribution in [3.8, 4) is 0 Å². The fourth-order valence-corrected chi connectivity index (χ4v) is 3.02. The molecule has 1 unspecified atom stereocenters. The van der Waals surface area contributed by atoms with Gasteiger partial charge < -0.3 is 4.90 Å². The summed E-state index contributed by atoms with van der Waals surface area (Å²) in [5.74, 6) is 0.620. The molecular formula is C17H21N3O. The van der Waals surface area contributed by atoms with Gasteiger partial charge in [-0.25, -0.2) is 0 Å².